The predicted octanol–water partition coefficient (Wildman–Crippen LogP) is 4.78. The molecule has 0 aliphatic carbocycles. The number of H-pyrrole nitrogens is 1. The van der Waals surface area contributed by atoms with Gasteiger partial charge in [-0.15, -0.1) is 0 Å². The van der Waals surface area contributed by atoms with Gasteiger partial charge in [0, 0.05) is 29.9 Å². The van der Waals surface area contributed by atoms with Crippen LogP contribution in [-0.2, 0) is 11.2 Å². The van der Waals surface area contributed by atoms with Crippen molar-refractivity contribution in [2.24, 2.45) is 5.92 Å². The molecular weight excluding hydrogens is 364 g/mol. The first-order valence-electron chi connectivity index (χ1n) is 10.4. The Morgan fingerprint density at radius 3 is 2.72 bits per heavy atom. The first kappa shape index (κ1) is 19.4. The van der Waals surface area contributed by atoms with E-state index in [9.17, 15) is 4.79 Å². The summed E-state index contributed by atoms with van der Waals surface area (Å²) in [6, 6.07) is 14.1. The van der Waals surface area contributed by atoms with Crippen LogP contribution in [-0.4, -0.2) is 24.1 Å². The maximum absolute atomic E-state index is 12.7. The minimum absolute atomic E-state index is 0.0566. The highest BCUT2D eigenvalue weighted by Crippen LogP contribution is 2.34. The molecule has 0 unspecified atom stereocenters. The van der Waals surface area contributed by atoms with Gasteiger partial charge in [0.15, 0.2) is 11.5 Å². The molecule has 0 bridgehead atoms. The number of para-hydroxylation sites is 1. The van der Waals surface area contributed by atoms with Gasteiger partial charge in [-0.1, -0.05) is 38.1 Å². The van der Waals surface area contributed by atoms with Crippen LogP contribution < -0.4 is 14.8 Å². The Bertz CT molecular complexity index is 993. The molecule has 1 atom stereocenters. The van der Waals surface area contributed by atoms with Crippen LogP contribution in [0.5, 0.6) is 11.5 Å². The molecule has 29 heavy (non-hydrogen) atoms. The quantitative estimate of drug-likeness (QED) is 0.635. The molecule has 1 aromatic heterocycles. The fourth-order valence-corrected chi connectivity index (χ4v) is 3.84. The third-order valence-corrected chi connectivity index (χ3v) is 5.41. The number of benzene rings is 2. The lowest BCUT2D eigenvalue weighted by Crippen LogP contribution is -2.31. The van der Waals surface area contributed by atoms with Crippen LogP contribution in [0.3, 0.4) is 0 Å². The first-order valence-corrected chi connectivity index (χ1v) is 10.4. The number of amides is 1. The number of fused-ring (bicyclic) bond motifs is 2. The summed E-state index contributed by atoms with van der Waals surface area (Å²) >= 11 is 0. The molecule has 5 heteroatoms. The Hall–Kier alpha value is -2.95. The van der Waals surface area contributed by atoms with Gasteiger partial charge in [-0.25, -0.2) is 0 Å². The Balaban J connectivity index is 1.44. The molecule has 5 nitrogen and oxygen atoms in total. The zero-order valence-corrected chi connectivity index (χ0v) is 17.0. The standard InChI is InChI=1S/C24H28N2O3/c1-16(2)24(17-8-10-21-22(14-17)29-13-5-12-28-21)26-23(27)11-9-18-15-25-20-7-4-3-6-19(18)20/h3-4,6-8,10,14-16,24-25H,5,9,11-13H2,1-2H3,(H,26,27)/t24-/m0/s1. The zero-order valence-electron chi connectivity index (χ0n) is 17.0. The second-order valence-corrected chi connectivity index (χ2v) is 7.91. The maximum atomic E-state index is 12.7. The number of aromatic nitrogens is 1. The van der Waals surface area contributed by atoms with E-state index >= 15 is 0 Å². The van der Waals surface area contributed by atoms with E-state index in [0.717, 1.165) is 29.0 Å². The number of ether oxygens (including phenoxy) is 2. The van der Waals surface area contributed by atoms with E-state index in [1.807, 2.05) is 36.5 Å². The molecule has 0 saturated carbocycles. The number of hydrogen-bond donors (Lipinski definition) is 2. The molecule has 2 N–H and O–H groups in total. The second kappa shape index (κ2) is 8.60. The van der Waals surface area contributed by atoms with Crippen LogP contribution in [0.15, 0.2) is 48.7 Å². The van der Waals surface area contributed by atoms with E-state index in [2.05, 4.69) is 36.3 Å². The van der Waals surface area contributed by atoms with Crippen molar-refractivity contribution in [1.82, 2.24) is 10.3 Å². The number of aryl methyl sites for hydroxylation is 1. The lowest BCUT2D eigenvalue weighted by atomic mass is 9.95. The van der Waals surface area contributed by atoms with Crippen molar-refractivity contribution in [3.05, 3.63) is 59.8 Å². The third kappa shape index (κ3) is 4.39. The van der Waals surface area contributed by atoms with Gasteiger partial charge >= 0.3 is 0 Å². The lowest BCUT2D eigenvalue weighted by Gasteiger charge is -2.24. The highest BCUT2D eigenvalue weighted by molar-refractivity contribution is 5.84. The minimum Gasteiger partial charge on any atom is -0.490 e. The van der Waals surface area contributed by atoms with E-state index in [1.165, 1.54) is 10.9 Å². The van der Waals surface area contributed by atoms with E-state index in [1.54, 1.807) is 0 Å². The molecule has 3 aromatic rings. The van der Waals surface area contributed by atoms with E-state index in [-0.39, 0.29) is 17.9 Å². The van der Waals surface area contributed by atoms with E-state index in [4.69, 9.17) is 9.47 Å². The topological polar surface area (TPSA) is 63.4 Å². The maximum Gasteiger partial charge on any atom is 0.220 e. The fourth-order valence-electron chi connectivity index (χ4n) is 3.84. The van der Waals surface area contributed by atoms with Crippen LogP contribution >= 0.6 is 0 Å². The average molecular weight is 392 g/mol. The molecular formula is C24H28N2O3. The van der Waals surface area contributed by atoms with Crippen LogP contribution in [0, 0.1) is 5.92 Å². The van der Waals surface area contributed by atoms with Crippen LogP contribution in [0.2, 0.25) is 0 Å². The Kier molecular flexibility index (Phi) is 5.74. The first-order chi connectivity index (χ1) is 14.1. The Morgan fingerprint density at radius 1 is 1.10 bits per heavy atom. The smallest absolute Gasteiger partial charge is 0.220 e. The molecule has 152 valence electrons. The van der Waals surface area contributed by atoms with Gasteiger partial charge in [0.2, 0.25) is 5.91 Å². The lowest BCUT2D eigenvalue weighted by molar-refractivity contribution is -0.122. The number of aromatic amines is 1. The van der Waals surface area contributed by atoms with E-state index < -0.39 is 0 Å². The van der Waals surface area contributed by atoms with Crippen molar-refractivity contribution >= 4 is 16.8 Å². The number of hydrogen-bond acceptors (Lipinski definition) is 3. The van der Waals surface area contributed by atoms with Crippen LogP contribution in [0.4, 0.5) is 0 Å². The monoisotopic (exact) mass is 392 g/mol. The summed E-state index contributed by atoms with van der Waals surface area (Å²) in [6.07, 6.45) is 4.04. The minimum atomic E-state index is -0.0670. The number of carbonyl (C=O) groups excluding carboxylic acids is 1. The average Bonchev–Trinajstić information content (AvgIpc) is 2.99. The SMILES string of the molecule is CC(C)[C@H](NC(=O)CCc1c[nH]c2ccccc12)c1ccc2c(c1)OCCCO2. The summed E-state index contributed by atoms with van der Waals surface area (Å²) in [6.45, 7) is 5.56. The molecule has 0 spiro atoms. The Morgan fingerprint density at radius 2 is 1.90 bits per heavy atom. The summed E-state index contributed by atoms with van der Waals surface area (Å²) in [5.41, 5.74) is 3.33. The largest absolute Gasteiger partial charge is 0.490 e. The van der Waals surface area contributed by atoms with Crippen LogP contribution in [0.1, 0.15) is 43.9 Å². The van der Waals surface area contributed by atoms with Crippen molar-refractivity contribution in [3.63, 3.8) is 0 Å². The normalized spacial score (nSPS) is 14.6. The van der Waals surface area contributed by atoms with Gasteiger partial charge < -0.3 is 19.8 Å². The van der Waals surface area contributed by atoms with Gasteiger partial charge in [0.25, 0.3) is 0 Å². The molecule has 0 saturated heterocycles. The van der Waals surface area contributed by atoms with Gasteiger partial charge in [-0.05, 0) is 41.7 Å². The van der Waals surface area contributed by atoms with Gasteiger partial charge in [0.1, 0.15) is 0 Å². The summed E-state index contributed by atoms with van der Waals surface area (Å²) < 4.78 is 11.5. The van der Waals surface area contributed by atoms with Gasteiger partial charge in [-0.3, -0.25) is 4.79 Å². The van der Waals surface area contributed by atoms with Crippen molar-refractivity contribution < 1.29 is 14.3 Å². The molecule has 2 aromatic carbocycles. The summed E-state index contributed by atoms with van der Waals surface area (Å²) in [5.74, 6) is 1.86. The molecule has 4 rings (SSSR count). The van der Waals surface area contributed by atoms with Crippen molar-refractivity contribution in [2.45, 2.75) is 39.2 Å². The highest BCUT2D eigenvalue weighted by atomic mass is 16.5. The molecule has 1 aliphatic heterocycles. The third-order valence-electron chi connectivity index (χ3n) is 5.41. The molecule has 1 amide bonds. The molecule has 1 aliphatic rings. The summed E-state index contributed by atoms with van der Waals surface area (Å²) in [4.78, 5) is 16.0. The number of carbonyl (C=O) groups is 1. The summed E-state index contributed by atoms with van der Waals surface area (Å²) in [5, 5.41) is 4.40. The summed E-state index contributed by atoms with van der Waals surface area (Å²) in [7, 11) is 0. The zero-order chi connectivity index (χ0) is 20.2. The van der Waals surface area contributed by atoms with Crippen molar-refractivity contribution in [3.8, 4) is 11.5 Å². The van der Waals surface area contributed by atoms with Gasteiger partial charge in [0.05, 0.1) is 19.3 Å². The van der Waals surface area contributed by atoms with Crippen LogP contribution in [0.25, 0.3) is 10.9 Å². The fraction of sp³-hybridized carbons (Fsp3) is 0.375. The van der Waals surface area contributed by atoms with Gasteiger partial charge in [-0.2, -0.15) is 0 Å². The molecule has 2 heterocycles. The van der Waals surface area contributed by atoms with E-state index in [0.29, 0.717) is 26.1 Å². The molecule has 0 radical (unpaired) electrons. The number of rotatable bonds is 6. The molecule has 0 fully saturated rings. The number of nitrogens with one attached hydrogen (secondary N) is 2. The predicted molar refractivity (Wildman–Crippen MR) is 114 cm³/mol. The van der Waals surface area contributed by atoms with Crippen molar-refractivity contribution in [1.29, 1.82) is 0 Å². The highest BCUT2D eigenvalue weighted by Gasteiger charge is 2.21. The second-order valence-electron chi connectivity index (χ2n) is 7.91. The van der Waals surface area contributed by atoms with Crippen molar-refractivity contribution in [2.75, 3.05) is 13.2 Å². The Labute approximate surface area is 171 Å².